The van der Waals surface area contributed by atoms with Crippen molar-refractivity contribution in [1.29, 1.82) is 0 Å². The van der Waals surface area contributed by atoms with Crippen molar-refractivity contribution in [2.24, 2.45) is 0 Å². The van der Waals surface area contributed by atoms with Crippen LogP contribution in [-0.4, -0.2) is 24.3 Å². The molecule has 5 nitrogen and oxygen atoms in total. The number of rotatable bonds is 5. The minimum absolute atomic E-state index is 0.301. The highest BCUT2D eigenvalue weighted by molar-refractivity contribution is 7.89. The van der Waals surface area contributed by atoms with Gasteiger partial charge in [0, 0.05) is 25.4 Å². The molecule has 1 aromatic carbocycles. The monoisotopic (exact) mass is 329 g/mol. The third-order valence-corrected chi connectivity index (χ3v) is 5.33. The maximum atomic E-state index is 12.3. The van der Waals surface area contributed by atoms with Gasteiger partial charge in [0.25, 0.3) is 0 Å². The number of imidazole rings is 1. The second-order valence-corrected chi connectivity index (χ2v) is 7.36. The Bertz CT molecular complexity index is 912. The van der Waals surface area contributed by atoms with Gasteiger partial charge in [0.15, 0.2) is 0 Å². The van der Waals surface area contributed by atoms with E-state index in [9.17, 15) is 8.42 Å². The molecule has 3 rings (SSSR count). The fourth-order valence-corrected chi connectivity index (χ4v) is 3.50. The van der Waals surface area contributed by atoms with Crippen LogP contribution in [0.5, 0.6) is 0 Å². The fraction of sp³-hybridized carbons (Fsp3) is 0.235. The highest BCUT2D eigenvalue weighted by Crippen LogP contribution is 2.14. The quantitative estimate of drug-likeness (QED) is 0.782. The minimum Gasteiger partial charge on any atom is -0.307 e. The molecule has 120 valence electrons. The molecular formula is C17H19N3O2S. The molecule has 1 N–H and O–H groups in total. The largest absolute Gasteiger partial charge is 0.307 e. The smallest absolute Gasteiger partial charge is 0.240 e. The van der Waals surface area contributed by atoms with Crippen LogP contribution < -0.4 is 4.72 Å². The van der Waals surface area contributed by atoms with E-state index >= 15 is 0 Å². The van der Waals surface area contributed by atoms with Crippen molar-refractivity contribution in [3.05, 3.63) is 65.6 Å². The highest BCUT2D eigenvalue weighted by Gasteiger charge is 2.14. The third-order valence-electron chi connectivity index (χ3n) is 3.88. The van der Waals surface area contributed by atoms with Crippen molar-refractivity contribution in [3.8, 4) is 0 Å². The Hall–Kier alpha value is -2.18. The number of hydrogen-bond donors (Lipinski definition) is 1. The van der Waals surface area contributed by atoms with Crippen LogP contribution in [0.4, 0.5) is 0 Å². The maximum absolute atomic E-state index is 12.3. The van der Waals surface area contributed by atoms with Crippen LogP contribution in [0.3, 0.4) is 0 Å². The molecule has 0 amide bonds. The number of sulfonamides is 1. The van der Waals surface area contributed by atoms with Gasteiger partial charge < -0.3 is 4.40 Å². The summed E-state index contributed by atoms with van der Waals surface area (Å²) >= 11 is 0. The molecule has 0 aliphatic carbocycles. The topological polar surface area (TPSA) is 63.5 Å². The van der Waals surface area contributed by atoms with Crippen LogP contribution in [-0.2, 0) is 16.4 Å². The number of pyridine rings is 1. The van der Waals surface area contributed by atoms with Gasteiger partial charge in [-0.05, 0) is 49.2 Å². The lowest BCUT2D eigenvalue weighted by Crippen LogP contribution is -2.26. The lowest BCUT2D eigenvalue weighted by molar-refractivity contribution is 0.581. The molecule has 2 aromatic heterocycles. The highest BCUT2D eigenvalue weighted by atomic mass is 32.2. The number of benzene rings is 1. The number of fused-ring (bicyclic) bond motifs is 1. The van der Waals surface area contributed by atoms with Crippen molar-refractivity contribution >= 4 is 15.7 Å². The SMILES string of the molecule is Cc1ccc(S(=O)(=O)NCCc2cn3ccccc3n2)cc1C. The van der Waals surface area contributed by atoms with E-state index in [0.717, 1.165) is 22.5 Å². The van der Waals surface area contributed by atoms with Crippen LogP contribution in [0.2, 0.25) is 0 Å². The maximum Gasteiger partial charge on any atom is 0.240 e. The summed E-state index contributed by atoms with van der Waals surface area (Å²) in [6.07, 6.45) is 4.39. The molecule has 0 spiro atoms. The molecule has 0 aliphatic heterocycles. The standard InChI is InChI=1S/C17H19N3O2S/c1-13-6-7-16(11-14(13)2)23(21,22)18-9-8-15-12-20-10-4-3-5-17(20)19-15/h3-7,10-12,18H,8-9H2,1-2H3. The lowest BCUT2D eigenvalue weighted by Gasteiger charge is -2.08. The van der Waals surface area contributed by atoms with Crippen molar-refractivity contribution in [2.45, 2.75) is 25.2 Å². The average molecular weight is 329 g/mol. The zero-order valence-electron chi connectivity index (χ0n) is 13.2. The van der Waals surface area contributed by atoms with Crippen LogP contribution in [0.15, 0.2) is 53.7 Å². The Morgan fingerprint density at radius 2 is 1.96 bits per heavy atom. The molecular weight excluding hydrogens is 310 g/mol. The Morgan fingerprint density at radius 3 is 2.70 bits per heavy atom. The van der Waals surface area contributed by atoms with E-state index in [1.165, 1.54) is 0 Å². The van der Waals surface area contributed by atoms with Gasteiger partial charge in [-0.2, -0.15) is 0 Å². The number of hydrogen-bond acceptors (Lipinski definition) is 3. The van der Waals surface area contributed by atoms with Gasteiger partial charge in [0.2, 0.25) is 10.0 Å². The summed E-state index contributed by atoms with van der Waals surface area (Å²) in [7, 11) is -3.48. The van der Waals surface area contributed by atoms with E-state index in [2.05, 4.69) is 9.71 Å². The van der Waals surface area contributed by atoms with Gasteiger partial charge in [-0.1, -0.05) is 12.1 Å². The summed E-state index contributed by atoms with van der Waals surface area (Å²) < 4.78 is 29.2. The zero-order chi connectivity index (χ0) is 16.4. The summed E-state index contributed by atoms with van der Waals surface area (Å²) in [4.78, 5) is 4.76. The van der Waals surface area contributed by atoms with Crippen LogP contribution in [0.1, 0.15) is 16.8 Å². The Kier molecular flexibility index (Phi) is 4.19. The molecule has 0 bridgehead atoms. The predicted molar refractivity (Wildman–Crippen MR) is 90.0 cm³/mol. The second-order valence-electron chi connectivity index (χ2n) is 5.59. The first-order chi connectivity index (χ1) is 11.0. The molecule has 0 atom stereocenters. The van der Waals surface area contributed by atoms with Gasteiger partial charge >= 0.3 is 0 Å². The van der Waals surface area contributed by atoms with E-state index in [1.54, 1.807) is 12.1 Å². The van der Waals surface area contributed by atoms with Crippen LogP contribution in [0, 0.1) is 13.8 Å². The minimum atomic E-state index is -3.48. The molecule has 2 heterocycles. The first kappa shape index (κ1) is 15.7. The van der Waals surface area contributed by atoms with Gasteiger partial charge in [0.1, 0.15) is 5.65 Å². The third kappa shape index (κ3) is 3.43. The molecule has 0 fully saturated rings. The van der Waals surface area contributed by atoms with Crippen molar-refractivity contribution in [1.82, 2.24) is 14.1 Å². The summed E-state index contributed by atoms with van der Waals surface area (Å²) in [5.74, 6) is 0. The Labute approximate surface area is 136 Å². The Balaban J connectivity index is 1.68. The van der Waals surface area contributed by atoms with Gasteiger partial charge in [-0.25, -0.2) is 18.1 Å². The Morgan fingerprint density at radius 1 is 1.13 bits per heavy atom. The normalized spacial score (nSPS) is 11.9. The number of nitrogens with one attached hydrogen (secondary N) is 1. The summed E-state index contributed by atoms with van der Waals surface area (Å²) in [5.41, 5.74) is 3.76. The summed E-state index contributed by atoms with van der Waals surface area (Å²) in [6, 6.07) is 10.9. The summed E-state index contributed by atoms with van der Waals surface area (Å²) in [6.45, 7) is 4.19. The molecule has 0 saturated carbocycles. The van der Waals surface area contributed by atoms with Gasteiger partial charge in [-0.15, -0.1) is 0 Å². The number of nitrogens with zero attached hydrogens (tertiary/aromatic N) is 2. The summed E-state index contributed by atoms with van der Waals surface area (Å²) in [5, 5.41) is 0. The molecule has 0 aliphatic rings. The van der Waals surface area contributed by atoms with E-state index in [4.69, 9.17) is 0 Å². The molecule has 3 aromatic rings. The molecule has 6 heteroatoms. The predicted octanol–water partition coefficient (Wildman–Crippen LogP) is 2.47. The van der Waals surface area contributed by atoms with Gasteiger partial charge in [-0.3, -0.25) is 0 Å². The molecule has 0 saturated heterocycles. The average Bonchev–Trinajstić information content (AvgIpc) is 2.92. The number of aryl methyl sites for hydroxylation is 2. The van der Waals surface area contributed by atoms with E-state index in [0.29, 0.717) is 17.9 Å². The zero-order valence-corrected chi connectivity index (χ0v) is 14.0. The van der Waals surface area contributed by atoms with Crippen LogP contribution >= 0.6 is 0 Å². The first-order valence-electron chi connectivity index (χ1n) is 7.45. The second kappa shape index (κ2) is 6.14. The first-order valence-corrected chi connectivity index (χ1v) is 8.93. The van der Waals surface area contributed by atoms with Crippen molar-refractivity contribution in [2.75, 3.05) is 6.54 Å². The van der Waals surface area contributed by atoms with Crippen LogP contribution in [0.25, 0.3) is 5.65 Å². The van der Waals surface area contributed by atoms with E-state index in [1.807, 2.05) is 54.9 Å². The van der Waals surface area contributed by atoms with Gasteiger partial charge in [0.05, 0.1) is 10.6 Å². The molecule has 0 radical (unpaired) electrons. The fourth-order valence-electron chi connectivity index (χ4n) is 2.39. The number of aromatic nitrogens is 2. The van der Waals surface area contributed by atoms with E-state index < -0.39 is 10.0 Å². The van der Waals surface area contributed by atoms with Crippen molar-refractivity contribution < 1.29 is 8.42 Å². The molecule has 23 heavy (non-hydrogen) atoms. The lowest BCUT2D eigenvalue weighted by atomic mass is 10.1. The van der Waals surface area contributed by atoms with Crippen molar-refractivity contribution in [3.63, 3.8) is 0 Å². The molecule has 0 unspecified atom stereocenters. The van der Waals surface area contributed by atoms with E-state index in [-0.39, 0.29) is 0 Å².